The number of hydrogen-bond acceptors (Lipinski definition) is 6. The minimum absolute atomic E-state index is 0.0428. The topological polar surface area (TPSA) is 54.4 Å². The van der Waals surface area contributed by atoms with Crippen molar-refractivity contribution in [3.05, 3.63) is 71.2 Å². The summed E-state index contributed by atoms with van der Waals surface area (Å²) in [6.07, 6.45) is 5.93. The number of rotatable bonds is 5. The fraction of sp³-hybridized carbons (Fsp3) is 0.375. The van der Waals surface area contributed by atoms with Crippen LogP contribution in [0.1, 0.15) is 36.2 Å². The van der Waals surface area contributed by atoms with Crippen molar-refractivity contribution in [2.75, 3.05) is 24.5 Å². The summed E-state index contributed by atoms with van der Waals surface area (Å²) in [6, 6.07) is 9.17. The number of aromatic nitrogens is 3. The third kappa shape index (κ3) is 4.55. The Morgan fingerprint density at radius 1 is 0.969 bits per heavy atom. The highest BCUT2D eigenvalue weighted by molar-refractivity contribution is 5.44. The third-order valence-corrected chi connectivity index (χ3v) is 5.94. The Bertz CT molecular complexity index is 1090. The number of anilines is 1. The lowest BCUT2D eigenvalue weighted by Gasteiger charge is -2.31. The van der Waals surface area contributed by atoms with Crippen LogP contribution in [-0.4, -0.2) is 39.5 Å². The first-order chi connectivity index (χ1) is 15.7. The van der Waals surface area contributed by atoms with Crippen molar-refractivity contribution in [1.82, 2.24) is 19.9 Å². The molecule has 2 aromatic heterocycles. The molecule has 0 saturated carbocycles. The molecule has 2 aliphatic heterocycles. The van der Waals surface area contributed by atoms with Gasteiger partial charge in [0.2, 0.25) is 11.8 Å². The predicted octanol–water partition coefficient (Wildman–Crippen LogP) is 4.49. The second kappa shape index (κ2) is 9.16. The van der Waals surface area contributed by atoms with Crippen molar-refractivity contribution >= 4 is 5.95 Å². The summed E-state index contributed by atoms with van der Waals surface area (Å²) in [5.74, 6) is -0.474. The van der Waals surface area contributed by atoms with Gasteiger partial charge in [-0.15, -0.1) is 0 Å². The fourth-order valence-electron chi connectivity index (χ4n) is 4.26. The molecule has 0 atom stereocenters. The normalized spacial score (nSPS) is 16.6. The van der Waals surface area contributed by atoms with Gasteiger partial charge < -0.3 is 9.64 Å². The second-order valence-electron chi connectivity index (χ2n) is 8.26. The molecule has 8 heteroatoms. The van der Waals surface area contributed by atoms with Crippen LogP contribution in [0.2, 0.25) is 0 Å². The minimum atomic E-state index is -0.752. The number of fused-ring (bicyclic) bond motifs is 1. The van der Waals surface area contributed by atoms with Crippen molar-refractivity contribution in [2.24, 2.45) is 0 Å². The number of benzene rings is 1. The average Bonchev–Trinajstić information content (AvgIpc) is 2.82. The van der Waals surface area contributed by atoms with Crippen LogP contribution in [0.4, 0.5) is 14.7 Å². The first-order valence-electron chi connectivity index (χ1n) is 11.1. The lowest BCUT2D eigenvalue weighted by atomic mass is 10.1. The van der Waals surface area contributed by atoms with Crippen LogP contribution in [0.5, 0.6) is 11.6 Å². The average molecular weight is 437 g/mol. The monoisotopic (exact) mass is 437 g/mol. The summed E-state index contributed by atoms with van der Waals surface area (Å²) in [7, 11) is 0. The lowest BCUT2D eigenvalue weighted by Crippen LogP contribution is -2.34. The second-order valence-corrected chi connectivity index (χ2v) is 8.26. The quantitative estimate of drug-likeness (QED) is 0.586. The van der Waals surface area contributed by atoms with Crippen molar-refractivity contribution in [3.8, 4) is 11.6 Å². The third-order valence-electron chi connectivity index (χ3n) is 5.94. The first-order valence-corrected chi connectivity index (χ1v) is 11.1. The molecule has 6 nitrogen and oxygen atoms in total. The number of piperidine rings is 1. The van der Waals surface area contributed by atoms with Gasteiger partial charge in [0, 0.05) is 51.4 Å². The van der Waals surface area contributed by atoms with Gasteiger partial charge in [-0.05, 0) is 43.5 Å². The lowest BCUT2D eigenvalue weighted by molar-refractivity contribution is 0.235. The molecule has 0 amide bonds. The van der Waals surface area contributed by atoms with Crippen LogP contribution in [-0.2, 0) is 19.5 Å². The highest BCUT2D eigenvalue weighted by Crippen LogP contribution is 2.33. The van der Waals surface area contributed by atoms with E-state index in [1.165, 1.54) is 18.6 Å². The highest BCUT2D eigenvalue weighted by atomic mass is 19.1. The molecule has 0 spiro atoms. The molecular formula is C24H25F2N5O. The zero-order valence-electron chi connectivity index (χ0n) is 17.8. The van der Waals surface area contributed by atoms with Gasteiger partial charge in [-0.2, -0.15) is 4.98 Å². The number of pyridine rings is 1. The molecule has 0 bridgehead atoms. The van der Waals surface area contributed by atoms with Crippen LogP contribution in [0.3, 0.4) is 0 Å². The molecule has 5 rings (SSSR count). The summed E-state index contributed by atoms with van der Waals surface area (Å²) >= 11 is 0. The Hall–Kier alpha value is -3.13. The molecule has 32 heavy (non-hydrogen) atoms. The molecule has 0 aliphatic carbocycles. The fourth-order valence-corrected chi connectivity index (χ4v) is 4.26. The van der Waals surface area contributed by atoms with Gasteiger partial charge in [-0.3, -0.25) is 9.88 Å². The maximum Gasteiger partial charge on any atom is 0.229 e. The summed E-state index contributed by atoms with van der Waals surface area (Å²) in [5.41, 5.74) is 2.75. The maximum absolute atomic E-state index is 14.4. The van der Waals surface area contributed by atoms with E-state index < -0.39 is 11.6 Å². The van der Waals surface area contributed by atoms with Gasteiger partial charge in [0.15, 0.2) is 11.6 Å². The van der Waals surface area contributed by atoms with Crippen molar-refractivity contribution < 1.29 is 13.5 Å². The number of nitrogens with zero attached hydrogens (tertiary/aromatic N) is 5. The van der Waals surface area contributed by atoms with Crippen LogP contribution in [0.15, 0.2) is 42.6 Å². The molecule has 3 aromatic rings. The van der Waals surface area contributed by atoms with Crippen molar-refractivity contribution in [1.29, 1.82) is 0 Å². The van der Waals surface area contributed by atoms with Crippen LogP contribution >= 0.6 is 0 Å². The maximum atomic E-state index is 14.4. The molecule has 0 N–H and O–H groups in total. The standard InChI is InChI=1S/C24H25F2N5O/c25-17-7-8-22(20(26)14-17)32-23-19-16-30(15-18-6-2-3-10-27-18)13-9-21(19)28-24(29-23)31-11-4-1-5-12-31/h2-3,6-8,10,14H,1,4-5,9,11-13,15-16H2. The van der Waals surface area contributed by atoms with E-state index in [-0.39, 0.29) is 5.75 Å². The van der Waals surface area contributed by atoms with Crippen LogP contribution < -0.4 is 9.64 Å². The van der Waals surface area contributed by atoms with Gasteiger partial charge in [0.05, 0.1) is 17.0 Å². The zero-order valence-corrected chi connectivity index (χ0v) is 17.8. The summed E-state index contributed by atoms with van der Waals surface area (Å²) in [4.78, 5) is 18.4. The zero-order chi connectivity index (χ0) is 21.9. The van der Waals surface area contributed by atoms with E-state index >= 15 is 0 Å². The SMILES string of the molecule is Fc1ccc(Oc2nc(N3CCCCC3)nc3c2CN(Cc2ccccn2)CC3)c(F)c1. The Morgan fingerprint density at radius 3 is 2.62 bits per heavy atom. The smallest absolute Gasteiger partial charge is 0.229 e. The van der Waals surface area contributed by atoms with E-state index in [0.29, 0.717) is 24.9 Å². The van der Waals surface area contributed by atoms with Gasteiger partial charge >= 0.3 is 0 Å². The minimum Gasteiger partial charge on any atom is -0.435 e. The first kappa shape index (κ1) is 20.8. The molecule has 1 aromatic carbocycles. The summed E-state index contributed by atoms with van der Waals surface area (Å²) in [6.45, 7) is 3.90. The number of hydrogen-bond donors (Lipinski definition) is 0. The molecule has 1 saturated heterocycles. The molecule has 166 valence electrons. The molecule has 0 unspecified atom stereocenters. The van der Waals surface area contributed by atoms with E-state index in [1.54, 1.807) is 6.20 Å². The summed E-state index contributed by atoms with van der Waals surface area (Å²) < 4.78 is 33.7. The van der Waals surface area contributed by atoms with E-state index in [1.807, 2.05) is 18.2 Å². The molecular weight excluding hydrogens is 412 g/mol. The molecule has 0 radical (unpaired) electrons. The van der Waals surface area contributed by atoms with Gasteiger partial charge in [0.25, 0.3) is 0 Å². The summed E-state index contributed by atoms with van der Waals surface area (Å²) in [5, 5.41) is 0. The predicted molar refractivity (Wildman–Crippen MR) is 117 cm³/mol. The van der Waals surface area contributed by atoms with Gasteiger partial charge in [-0.1, -0.05) is 6.07 Å². The molecule has 2 aliphatic rings. The van der Waals surface area contributed by atoms with Crippen molar-refractivity contribution in [2.45, 2.75) is 38.8 Å². The Balaban J connectivity index is 1.47. The Labute approximate surface area is 185 Å². The Morgan fingerprint density at radius 2 is 1.84 bits per heavy atom. The number of ether oxygens (including phenoxy) is 1. The van der Waals surface area contributed by atoms with Gasteiger partial charge in [0.1, 0.15) is 5.82 Å². The highest BCUT2D eigenvalue weighted by Gasteiger charge is 2.26. The van der Waals surface area contributed by atoms with E-state index in [4.69, 9.17) is 14.7 Å². The van der Waals surface area contributed by atoms with Crippen molar-refractivity contribution in [3.63, 3.8) is 0 Å². The van der Waals surface area contributed by atoms with E-state index in [0.717, 1.165) is 61.9 Å². The molecule has 4 heterocycles. The Kier molecular flexibility index (Phi) is 5.94. The number of halogens is 2. The van der Waals surface area contributed by atoms with Crippen LogP contribution in [0.25, 0.3) is 0 Å². The largest absolute Gasteiger partial charge is 0.435 e. The van der Waals surface area contributed by atoms with Gasteiger partial charge in [-0.25, -0.2) is 13.8 Å². The molecule has 1 fully saturated rings. The van der Waals surface area contributed by atoms with E-state index in [2.05, 4.69) is 14.8 Å². The van der Waals surface area contributed by atoms with Crippen LogP contribution in [0, 0.1) is 11.6 Å². The van der Waals surface area contributed by atoms with E-state index in [9.17, 15) is 8.78 Å².